The van der Waals surface area contributed by atoms with E-state index < -0.39 is 0 Å². The van der Waals surface area contributed by atoms with Gasteiger partial charge in [-0.15, -0.1) is 6.58 Å². The molecule has 2 aromatic heterocycles. The van der Waals surface area contributed by atoms with Crippen LogP contribution in [0, 0.1) is 13.8 Å². The zero-order chi connectivity index (χ0) is 22.2. The Kier molecular flexibility index (Phi) is 5.78. The summed E-state index contributed by atoms with van der Waals surface area (Å²) in [7, 11) is 2.21. The number of aromatic nitrogens is 2. The first-order valence-corrected chi connectivity index (χ1v) is 11.9. The number of anilines is 1. The van der Waals surface area contributed by atoms with Crippen molar-refractivity contribution in [3.05, 3.63) is 71.1 Å². The Bertz CT molecular complexity index is 1140. The predicted molar refractivity (Wildman–Crippen MR) is 133 cm³/mol. The molecule has 1 aromatic carbocycles. The van der Waals surface area contributed by atoms with Gasteiger partial charge in [0.05, 0.1) is 11.2 Å². The van der Waals surface area contributed by atoms with Crippen LogP contribution in [0.3, 0.4) is 0 Å². The minimum absolute atomic E-state index is 0.813. The van der Waals surface area contributed by atoms with Crippen molar-refractivity contribution in [2.75, 3.05) is 44.7 Å². The van der Waals surface area contributed by atoms with Gasteiger partial charge >= 0.3 is 0 Å². The van der Waals surface area contributed by atoms with Crippen LogP contribution < -0.4 is 4.90 Å². The molecule has 2 aliphatic heterocycles. The van der Waals surface area contributed by atoms with Gasteiger partial charge in [0.1, 0.15) is 0 Å². The molecule has 0 bridgehead atoms. The maximum atomic E-state index is 5.32. The lowest BCUT2D eigenvalue weighted by molar-refractivity contribution is 0.147. The largest absolute Gasteiger partial charge is 0.350 e. The SMILES string of the molecule is C=CCn1c(C)c(C)c2cc(CN3CCN(C)CC3)nc(N3CCc4ccccc4C3)c21. The highest BCUT2D eigenvalue weighted by Crippen LogP contribution is 2.35. The van der Waals surface area contributed by atoms with E-state index in [1.165, 1.54) is 39.0 Å². The van der Waals surface area contributed by atoms with E-state index in [4.69, 9.17) is 4.98 Å². The van der Waals surface area contributed by atoms with Gasteiger partial charge in [-0.2, -0.15) is 0 Å². The Morgan fingerprint density at radius 3 is 2.53 bits per heavy atom. The standard InChI is InChI=1S/C27H35N5/c1-5-11-32-21(3)20(2)25-17-24(19-30-15-13-29(4)14-16-30)28-27(26(25)32)31-12-10-22-8-6-7-9-23(22)18-31/h5-9,17H,1,10-16,18-19H2,2-4H3. The predicted octanol–water partition coefficient (Wildman–Crippen LogP) is 4.15. The number of likely N-dealkylation sites (N-methyl/N-ethyl adjacent to an activating group) is 1. The Hall–Kier alpha value is -2.63. The number of nitrogens with zero attached hydrogens (tertiary/aromatic N) is 5. The molecule has 0 unspecified atom stereocenters. The Morgan fingerprint density at radius 2 is 1.78 bits per heavy atom. The van der Waals surface area contributed by atoms with Crippen LogP contribution >= 0.6 is 0 Å². The number of pyridine rings is 1. The van der Waals surface area contributed by atoms with Crippen LogP contribution in [0.2, 0.25) is 0 Å². The van der Waals surface area contributed by atoms with E-state index in [0.29, 0.717) is 0 Å². The van der Waals surface area contributed by atoms with E-state index in [9.17, 15) is 0 Å². The van der Waals surface area contributed by atoms with Gasteiger partial charge in [0.25, 0.3) is 0 Å². The minimum atomic E-state index is 0.813. The van der Waals surface area contributed by atoms with Crippen LogP contribution in [0.1, 0.15) is 28.1 Å². The maximum Gasteiger partial charge on any atom is 0.153 e. The van der Waals surface area contributed by atoms with Crippen LogP contribution in [0.25, 0.3) is 10.9 Å². The van der Waals surface area contributed by atoms with Gasteiger partial charge in [-0.05, 0) is 50.1 Å². The molecule has 32 heavy (non-hydrogen) atoms. The lowest BCUT2D eigenvalue weighted by Crippen LogP contribution is -2.44. The average Bonchev–Trinajstić information content (AvgIpc) is 3.05. The second-order valence-electron chi connectivity index (χ2n) is 9.46. The molecular weight excluding hydrogens is 394 g/mol. The smallest absolute Gasteiger partial charge is 0.153 e. The summed E-state index contributed by atoms with van der Waals surface area (Å²) in [5.41, 5.74) is 8.03. The number of hydrogen-bond donors (Lipinski definition) is 0. The first-order chi connectivity index (χ1) is 15.5. The number of piperazine rings is 1. The van der Waals surface area contributed by atoms with Crippen molar-refractivity contribution in [1.82, 2.24) is 19.4 Å². The summed E-state index contributed by atoms with van der Waals surface area (Å²) in [6.45, 7) is 16.7. The van der Waals surface area contributed by atoms with Crippen molar-refractivity contribution in [1.29, 1.82) is 0 Å². The number of hydrogen-bond acceptors (Lipinski definition) is 4. The lowest BCUT2D eigenvalue weighted by Gasteiger charge is -2.33. The molecule has 168 valence electrons. The molecule has 1 fully saturated rings. The molecule has 0 spiro atoms. The van der Waals surface area contributed by atoms with E-state index in [2.05, 4.69) is 77.1 Å². The van der Waals surface area contributed by atoms with Gasteiger partial charge in [0.2, 0.25) is 0 Å². The molecule has 0 saturated carbocycles. The van der Waals surface area contributed by atoms with Crippen LogP contribution in [0.15, 0.2) is 43.0 Å². The van der Waals surface area contributed by atoms with Crippen LogP contribution in [0.5, 0.6) is 0 Å². The topological polar surface area (TPSA) is 27.5 Å². The summed E-state index contributed by atoms with van der Waals surface area (Å²) in [5, 5.41) is 1.34. The normalized spacial score (nSPS) is 17.7. The van der Waals surface area contributed by atoms with Crippen molar-refractivity contribution >= 4 is 16.7 Å². The van der Waals surface area contributed by atoms with Gasteiger partial charge in [0.15, 0.2) is 5.82 Å². The first-order valence-electron chi connectivity index (χ1n) is 11.9. The Morgan fingerprint density at radius 1 is 1.03 bits per heavy atom. The van der Waals surface area contributed by atoms with Gasteiger partial charge < -0.3 is 14.4 Å². The highest BCUT2D eigenvalue weighted by molar-refractivity contribution is 5.94. The summed E-state index contributed by atoms with van der Waals surface area (Å²) in [4.78, 5) is 12.8. The number of benzene rings is 1. The zero-order valence-corrected chi connectivity index (χ0v) is 19.8. The van der Waals surface area contributed by atoms with Crippen LogP contribution in [0.4, 0.5) is 5.82 Å². The molecule has 5 rings (SSSR count). The highest BCUT2D eigenvalue weighted by Gasteiger charge is 2.24. The van der Waals surface area contributed by atoms with E-state index in [-0.39, 0.29) is 0 Å². The van der Waals surface area contributed by atoms with Gasteiger partial charge in [-0.3, -0.25) is 4.90 Å². The fraction of sp³-hybridized carbons (Fsp3) is 0.444. The molecule has 3 aromatic rings. The lowest BCUT2D eigenvalue weighted by atomic mass is 10.00. The van der Waals surface area contributed by atoms with Crippen LogP contribution in [-0.2, 0) is 26.1 Å². The van der Waals surface area contributed by atoms with Crippen LogP contribution in [-0.4, -0.2) is 59.1 Å². The molecule has 0 N–H and O–H groups in total. The summed E-state index contributed by atoms with van der Waals surface area (Å²) in [6, 6.07) is 11.2. The third kappa shape index (κ3) is 3.84. The summed E-state index contributed by atoms with van der Waals surface area (Å²) in [5.74, 6) is 1.14. The number of fused-ring (bicyclic) bond motifs is 2. The van der Waals surface area contributed by atoms with Crippen molar-refractivity contribution < 1.29 is 0 Å². The minimum Gasteiger partial charge on any atom is -0.350 e. The monoisotopic (exact) mass is 429 g/mol. The Labute approximate surface area is 191 Å². The third-order valence-corrected chi connectivity index (χ3v) is 7.37. The maximum absolute atomic E-state index is 5.32. The first kappa shape index (κ1) is 21.2. The molecule has 5 heteroatoms. The fourth-order valence-electron chi connectivity index (χ4n) is 5.26. The van der Waals surface area contributed by atoms with E-state index in [1.54, 1.807) is 0 Å². The molecule has 0 aliphatic carbocycles. The summed E-state index contributed by atoms with van der Waals surface area (Å²) >= 11 is 0. The number of allylic oxidation sites excluding steroid dienone is 1. The number of rotatable bonds is 5. The molecule has 4 heterocycles. The summed E-state index contributed by atoms with van der Waals surface area (Å²) < 4.78 is 2.40. The average molecular weight is 430 g/mol. The van der Waals surface area contributed by atoms with Gasteiger partial charge in [-0.1, -0.05) is 30.3 Å². The van der Waals surface area contributed by atoms with E-state index >= 15 is 0 Å². The molecule has 1 saturated heterocycles. The fourth-order valence-corrected chi connectivity index (χ4v) is 5.26. The third-order valence-electron chi connectivity index (χ3n) is 7.37. The molecule has 0 radical (unpaired) electrons. The molecule has 0 amide bonds. The zero-order valence-electron chi connectivity index (χ0n) is 19.8. The van der Waals surface area contributed by atoms with E-state index in [0.717, 1.165) is 64.6 Å². The van der Waals surface area contributed by atoms with Crippen molar-refractivity contribution in [3.63, 3.8) is 0 Å². The molecule has 5 nitrogen and oxygen atoms in total. The number of aryl methyl sites for hydroxylation is 1. The summed E-state index contributed by atoms with van der Waals surface area (Å²) in [6.07, 6.45) is 3.07. The second-order valence-corrected chi connectivity index (χ2v) is 9.46. The van der Waals surface area contributed by atoms with Gasteiger partial charge in [0, 0.05) is 63.4 Å². The molecule has 2 aliphatic rings. The Balaban J connectivity index is 1.58. The van der Waals surface area contributed by atoms with Crippen molar-refractivity contribution in [3.8, 4) is 0 Å². The van der Waals surface area contributed by atoms with Crippen molar-refractivity contribution in [2.45, 2.75) is 39.9 Å². The quantitative estimate of drug-likeness (QED) is 0.570. The van der Waals surface area contributed by atoms with Gasteiger partial charge in [-0.25, -0.2) is 4.98 Å². The molecular formula is C27H35N5. The highest BCUT2D eigenvalue weighted by atomic mass is 15.3. The molecule has 0 atom stereocenters. The van der Waals surface area contributed by atoms with Crippen molar-refractivity contribution in [2.24, 2.45) is 0 Å². The second kappa shape index (κ2) is 8.72. The van der Waals surface area contributed by atoms with E-state index in [1.807, 2.05) is 6.08 Å².